The molecule has 22 heavy (non-hydrogen) atoms. The van der Waals surface area contributed by atoms with Gasteiger partial charge < -0.3 is 4.74 Å². The quantitative estimate of drug-likeness (QED) is 0.606. The average Bonchev–Trinajstić information content (AvgIpc) is 3.12. The predicted molar refractivity (Wildman–Crippen MR) is 90.4 cm³/mol. The molecule has 0 unspecified atom stereocenters. The zero-order chi connectivity index (χ0) is 15.7. The summed E-state index contributed by atoms with van der Waals surface area (Å²) in [6.45, 7) is 2.11. The molecule has 0 aromatic carbocycles. The fourth-order valence-corrected chi connectivity index (χ4v) is 5.54. The number of thiazole rings is 1. The Kier molecular flexibility index (Phi) is 4.65. The highest BCUT2D eigenvalue weighted by Gasteiger charge is 2.28. The topological polar surface area (TPSA) is 56.3 Å². The maximum absolute atomic E-state index is 12.2. The first-order chi connectivity index (χ1) is 10.7. The van der Waals surface area contributed by atoms with Gasteiger partial charge in [0.1, 0.15) is 5.01 Å². The molecule has 0 aliphatic heterocycles. The molecule has 7 heteroatoms. The zero-order valence-corrected chi connectivity index (χ0v) is 14.8. The third kappa shape index (κ3) is 2.73. The van der Waals surface area contributed by atoms with E-state index in [9.17, 15) is 9.59 Å². The van der Waals surface area contributed by atoms with Crippen LogP contribution in [0.25, 0.3) is 9.88 Å². The lowest BCUT2D eigenvalue weighted by atomic mass is 9.93. The van der Waals surface area contributed by atoms with E-state index in [1.54, 1.807) is 35.4 Å². The van der Waals surface area contributed by atoms with Gasteiger partial charge in [-0.1, -0.05) is 0 Å². The highest BCUT2D eigenvalue weighted by molar-refractivity contribution is 8.00. The second-order valence-corrected chi connectivity index (χ2v) is 7.77. The maximum atomic E-state index is 12.2. The Bertz CT molecular complexity index is 732. The Hall–Kier alpha value is -1.18. The maximum Gasteiger partial charge on any atom is 0.357 e. The number of nitrogens with zero attached hydrogens (tertiary/aromatic N) is 1. The van der Waals surface area contributed by atoms with E-state index >= 15 is 0 Å². The smallest absolute Gasteiger partial charge is 0.357 e. The molecule has 2 aromatic rings. The molecule has 3 rings (SSSR count). The van der Waals surface area contributed by atoms with E-state index in [0.29, 0.717) is 18.7 Å². The van der Waals surface area contributed by atoms with Crippen molar-refractivity contribution in [2.75, 3.05) is 12.9 Å². The van der Waals surface area contributed by atoms with Crippen LogP contribution >= 0.6 is 34.4 Å². The molecule has 2 heterocycles. The fraction of sp³-hybridized carbons (Fsp3) is 0.400. The van der Waals surface area contributed by atoms with Crippen molar-refractivity contribution >= 4 is 46.2 Å². The van der Waals surface area contributed by atoms with Gasteiger partial charge in [0.05, 0.1) is 15.7 Å². The fourth-order valence-electron chi connectivity index (χ4n) is 2.51. The second kappa shape index (κ2) is 6.52. The summed E-state index contributed by atoms with van der Waals surface area (Å²) in [7, 11) is 0. The van der Waals surface area contributed by atoms with Crippen molar-refractivity contribution in [3.8, 4) is 9.88 Å². The predicted octanol–water partition coefficient (Wildman–Crippen LogP) is 4.29. The molecule has 1 aliphatic carbocycles. The second-order valence-electron chi connectivity index (χ2n) is 4.81. The van der Waals surface area contributed by atoms with Gasteiger partial charge >= 0.3 is 5.97 Å². The SMILES string of the molecule is CCOC(=O)c1csc(-c2sc(SC)c3c2CCCC3=O)n1. The molecule has 0 amide bonds. The lowest BCUT2D eigenvalue weighted by molar-refractivity contribution is 0.0520. The molecule has 1 aliphatic rings. The van der Waals surface area contributed by atoms with Gasteiger partial charge in [-0.05, 0) is 31.6 Å². The van der Waals surface area contributed by atoms with Gasteiger partial charge in [0.15, 0.2) is 11.5 Å². The van der Waals surface area contributed by atoms with Gasteiger partial charge in [-0.2, -0.15) is 0 Å². The number of carbonyl (C=O) groups is 2. The number of carbonyl (C=O) groups excluding carboxylic acids is 2. The van der Waals surface area contributed by atoms with Crippen molar-refractivity contribution in [2.24, 2.45) is 0 Å². The molecule has 0 fully saturated rings. The van der Waals surface area contributed by atoms with E-state index in [4.69, 9.17) is 4.74 Å². The van der Waals surface area contributed by atoms with E-state index < -0.39 is 5.97 Å². The van der Waals surface area contributed by atoms with Gasteiger partial charge in [0.25, 0.3) is 0 Å². The largest absolute Gasteiger partial charge is 0.461 e. The lowest BCUT2D eigenvalue weighted by Gasteiger charge is -2.12. The highest BCUT2D eigenvalue weighted by atomic mass is 32.2. The van der Waals surface area contributed by atoms with Crippen LogP contribution in [0.4, 0.5) is 0 Å². The zero-order valence-electron chi connectivity index (χ0n) is 12.3. The van der Waals surface area contributed by atoms with Crippen LogP contribution in [0.15, 0.2) is 9.59 Å². The number of ketones is 1. The Morgan fingerprint density at radius 3 is 3.00 bits per heavy atom. The first-order valence-corrected chi connectivity index (χ1v) is 9.93. The van der Waals surface area contributed by atoms with Crippen molar-refractivity contribution in [1.29, 1.82) is 0 Å². The number of ether oxygens (including phenoxy) is 1. The first-order valence-electron chi connectivity index (χ1n) is 7.01. The van der Waals surface area contributed by atoms with Crippen LogP contribution in [0.2, 0.25) is 0 Å². The van der Waals surface area contributed by atoms with Crippen molar-refractivity contribution in [1.82, 2.24) is 4.98 Å². The van der Waals surface area contributed by atoms with Crippen molar-refractivity contribution in [2.45, 2.75) is 30.4 Å². The summed E-state index contributed by atoms with van der Waals surface area (Å²) in [5.41, 5.74) is 2.33. The van der Waals surface area contributed by atoms with Crippen LogP contribution in [-0.4, -0.2) is 29.6 Å². The highest BCUT2D eigenvalue weighted by Crippen LogP contribution is 2.45. The number of rotatable bonds is 4. The monoisotopic (exact) mass is 353 g/mol. The summed E-state index contributed by atoms with van der Waals surface area (Å²) in [6, 6.07) is 0. The van der Waals surface area contributed by atoms with Gasteiger partial charge in [-0.25, -0.2) is 9.78 Å². The molecule has 0 atom stereocenters. The third-order valence-corrected chi connectivity index (χ3v) is 6.80. The van der Waals surface area contributed by atoms with Crippen LogP contribution in [-0.2, 0) is 11.2 Å². The first kappa shape index (κ1) is 15.7. The normalized spacial score (nSPS) is 14.0. The number of thiophene rings is 1. The number of hydrogen-bond acceptors (Lipinski definition) is 7. The molecule has 0 bridgehead atoms. The van der Waals surface area contributed by atoms with Gasteiger partial charge in [0.2, 0.25) is 0 Å². The van der Waals surface area contributed by atoms with Crippen LogP contribution in [0.5, 0.6) is 0 Å². The van der Waals surface area contributed by atoms with E-state index in [-0.39, 0.29) is 5.78 Å². The summed E-state index contributed by atoms with van der Waals surface area (Å²) < 4.78 is 6.04. The Morgan fingerprint density at radius 2 is 2.27 bits per heavy atom. The minimum Gasteiger partial charge on any atom is -0.461 e. The molecule has 0 N–H and O–H groups in total. The van der Waals surface area contributed by atoms with Crippen LogP contribution in [0, 0.1) is 0 Å². The molecular weight excluding hydrogens is 338 g/mol. The summed E-state index contributed by atoms with van der Waals surface area (Å²) in [4.78, 5) is 29.4. The van der Waals surface area contributed by atoms with E-state index in [0.717, 1.165) is 38.1 Å². The summed E-state index contributed by atoms with van der Waals surface area (Å²) in [5, 5.41) is 2.53. The number of thioether (sulfide) groups is 1. The third-order valence-electron chi connectivity index (χ3n) is 3.45. The van der Waals surface area contributed by atoms with Crippen molar-refractivity contribution in [3.63, 3.8) is 0 Å². The number of esters is 1. The molecule has 2 aromatic heterocycles. The van der Waals surface area contributed by atoms with Gasteiger partial charge in [-0.3, -0.25) is 4.79 Å². The Balaban J connectivity index is 2.02. The van der Waals surface area contributed by atoms with E-state index in [2.05, 4.69) is 4.98 Å². The van der Waals surface area contributed by atoms with Crippen molar-refractivity contribution in [3.05, 3.63) is 22.2 Å². The van der Waals surface area contributed by atoms with Crippen LogP contribution in [0.3, 0.4) is 0 Å². The molecule has 0 radical (unpaired) electrons. The molecule has 0 saturated carbocycles. The minimum atomic E-state index is -0.392. The standard InChI is InChI=1S/C15H15NO3S3/c1-3-19-14(18)9-7-21-13(16-9)12-8-5-4-6-10(17)11(8)15(20-2)22-12/h7H,3-6H2,1-2H3. The Labute approximate surface area is 140 Å². The summed E-state index contributed by atoms with van der Waals surface area (Å²) in [5.74, 6) is -0.160. The number of aromatic nitrogens is 1. The van der Waals surface area contributed by atoms with Crippen LogP contribution in [0.1, 0.15) is 46.2 Å². The summed E-state index contributed by atoms with van der Waals surface area (Å²) >= 11 is 4.65. The molecular formula is C15H15NO3S3. The molecule has 0 spiro atoms. The average molecular weight is 353 g/mol. The van der Waals surface area contributed by atoms with Gasteiger partial charge in [0, 0.05) is 17.4 Å². The van der Waals surface area contributed by atoms with Crippen LogP contribution < -0.4 is 0 Å². The number of hydrogen-bond donors (Lipinski definition) is 0. The molecule has 4 nitrogen and oxygen atoms in total. The number of fused-ring (bicyclic) bond motifs is 1. The Morgan fingerprint density at radius 1 is 1.45 bits per heavy atom. The molecule has 0 saturated heterocycles. The lowest BCUT2D eigenvalue weighted by Crippen LogP contribution is -2.09. The van der Waals surface area contributed by atoms with Gasteiger partial charge in [-0.15, -0.1) is 34.4 Å². The van der Waals surface area contributed by atoms with E-state index in [1.165, 1.54) is 11.3 Å². The number of Topliss-reactive ketones (excluding diaryl/α,β-unsaturated/α-hetero) is 1. The molecule has 116 valence electrons. The van der Waals surface area contributed by atoms with E-state index in [1.807, 2.05) is 6.26 Å². The summed E-state index contributed by atoms with van der Waals surface area (Å²) in [6.07, 6.45) is 4.41. The minimum absolute atomic E-state index is 0.232. The van der Waals surface area contributed by atoms with Crippen molar-refractivity contribution < 1.29 is 14.3 Å².